The molecule has 0 radical (unpaired) electrons. The van der Waals surface area contributed by atoms with E-state index in [1.54, 1.807) is 12.4 Å². The van der Waals surface area contributed by atoms with Crippen LogP contribution in [0.3, 0.4) is 0 Å². The first kappa shape index (κ1) is 21.0. The molecule has 1 aromatic carbocycles. The molecule has 0 saturated heterocycles. The largest absolute Gasteiger partial charge is 0.394 e. The van der Waals surface area contributed by atoms with Gasteiger partial charge < -0.3 is 15.7 Å². The summed E-state index contributed by atoms with van der Waals surface area (Å²) >= 11 is 6.31. The number of nitrogens with one attached hydrogen (secondary N) is 2. The predicted octanol–water partition coefficient (Wildman–Crippen LogP) is 4.98. The van der Waals surface area contributed by atoms with E-state index in [4.69, 9.17) is 11.6 Å². The van der Waals surface area contributed by atoms with Crippen molar-refractivity contribution in [3.8, 4) is 11.3 Å². The minimum Gasteiger partial charge on any atom is -0.394 e. The van der Waals surface area contributed by atoms with Crippen LogP contribution in [-0.2, 0) is 0 Å². The Kier molecular flexibility index (Phi) is 6.67. The van der Waals surface area contributed by atoms with Crippen LogP contribution in [-0.4, -0.2) is 32.7 Å². The zero-order valence-corrected chi connectivity index (χ0v) is 17.8. The number of aliphatic hydroxyl groups is 1. The Bertz CT molecular complexity index is 978. The summed E-state index contributed by atoms with van der Waals surface area (Å²) in [4.78, 5) is 13.5. The molecule has 6 nitrogen and oxygen atoms in total. The molecule has 1 atom stereocenters. The SMILES string of the molecule is Cc1ccc(Cl)c(C)c1Nc1cc(-c2cccnc2)nc(N[C@H](CO)C(C)C)n1. The molecule has 29 heavy (non-hydrogen) atoms. The number of benzene rings is 1. The first-order valence-electron chi connectivity index (χ1n) is 9.58. The number of aromatic nitrogens is 3. The van der Waals surface area contributed by atoms with Gasteiger partial charge in [-0.2, -0.15) is 4.98 Å². The fourth-order valence-corrected chi connectivity index (χ4v) is 3.13. The van der Waals surface area contributed by atoms with Crippen LogP contribution in [0.5, 0.6) is 0 Å². The van der Waals surface area contributed by atoms with Gasteiger partial charge in [-0.3, -0.25) is 4.98 Å². The standard InChI is InChI=1S/C22H26ClN5O/c1-13(2)19(12-29)26-22-25-18(16-6-5-9-24-11-16)10-20(28-22)27-21-14(3)7-8-17(23)15(21)4/h5-11,13,19,29H,12H2,1-4H3,(H2,25,26,27,28)/t19-/m1/s1. The smallest absolute Gasteiger partial charge is 0.225 e. The number of hydrogen-bond acceptors (Lipinski definition) is 6. The number of hydrogen-bond donors (Lipinski definition) is 3. The van der Waals surface area contributed by atoms with E-state index in [1.807, 2.05) is 58.0 Å². The molecule has 7 heteroatoms. The molecule has 0 unspecified atom stereocenters. The van der Waals surface area contributed by atoms with Crippen LogP contribution < -0.4 is 10.6 Å². The van der Waals surface area contributed by atoms with Crippen molar-refractivity contribution in [3.05, 3.63) is 58.9 Å². The number of pyridine rings is 1. The van der Waals surface area contributed by atoms with Crippen LogP contribution in [0.1, 0.15) is 25.0 Å². The normalized spacial score (nSPS) is 12.1. The van der Waals surface area contributed by atoms with Gasteiger partial charge in [-0.1, -0.05) is 31.5 Å². The molecule has 3 N–H and O–H groups in total. The first-order chi connectivity index (χ1) is 13.9. The van der Waals surface area contributed by atoms with Gasteiger partial charge in [-0.25, -0.2) is 4.98 Å². The average molecular weight is 412 g/mol. The fourth-order valence-electron chi connectivity index (χ4n) is 2.97. The van der Waals surface area contributed by atoms with Crippen molar-refractivity contribution in [1.82, 2.24) is 15.0 Å². The number of nitrogens with zero attached hydrogens (tertiary/aromatic N) is 3. The number of anilines is 3. The van der Waals surface area contributed by atoms with Gasteiger partial charge in [-0.05, 0) is 49.1 Å². The molecule has 3 aromatic rings. The Hall–Kier alpha value is -2.70. The Morgan fingerprint density at radius 1 is 1.14 bits per heavy atom. The molecule has 0 aliphatic rings. The second kappa shape index (κ2) is 9.20. The number of halogens is 1. The molecule has 0 spiro atoms. The summed E-state index contributed by atoms with van der Waals surface area (Å²) in [5.41, 5.74) is 4.56. The van der Waals surface area contributed by atoms with Gasteiger partial charge in [0.2, 0.25) is 5.95 Å². The van der Waals surface area contributed by atoms with Crippen molar-refractivity contribution in [2.75, 3.05) is 17.2 Å². The van der Waals surface area contributed by atoms with Gasteiger partial charge in [0.1, 0.15) is 5.82 Å². The van der Waals surface area contributed by atoms with Gasteiger partial charge >= 0.3 is 0 Å². The molecule has 3 rings (SSSR count). The van der Waals surface area contributed by atoms with Crippen LogP contribution >= 0.6 is 11.6 Å². The topological polar surface area (TPSA) is 83.0 Å². The average Bonchev–Trinajstić information content (AvgIpc) is 2.72. The molecule has 0 fully saturated rings. The Morgan fingerprint density at radius 2 is 1.93 bits per heavy atom. The first-order valence-corrected chi connectivity index (χ1v) is 9.96. The quantitative estimate of drug-likeness (QED) is 0.508. The maximum Gasteiger partial charge on any atom is 0.225 e. The summed E-state index contributed by atoms with van der Waals surface area (Å²) in [7, 11) is 0. The van der Waals surface area contributed by atoms with Crippen molar-refractivity contribution in [1.29, 1.82) is 0 Å². The Labute approximate surface area is 176 Å². The highest BCUT2D eigenvalue weighted by atomic mass is 35.5. The minimum atomic E-state index is -0.151. The van der Waals surface area contributed by atoms with Crippen LogP contribution in [0.2, 0.25) is 5.02 Å². The molecule has 0 saturated carbocycles. The summed E-state index contributed by atoms with van der Waals surface area (Å²) < 4.78 is 0. The zero-order chi connectivity index (χ0) is 21.0. The summed E-state index contributed by atoms with van der Waals surface area (Å²) in [5, 5.41) is 17.0. The van der Waals surface area contributed by atoms with Crippen molar-refractivity contribution in [2.45, 2.75) is 33.7 Å². The molecule has 2 aromatic heterocycles. The van der Waals surface area contributed by atoms with E-state index in [1.165, 1.54) is 0 Å². The van der Waals surface area contributed by atoms with Gasteiger partial charge in [0.15, 0.2) is 0 Å². The second-order valence-corrected chi connectivity index (χ2v) is 7.78. The fraction of sp³-hybridized carbons (Fsp3) is 0.318. The predicted molar refractivity (Wildman–Crippen MR) is 119 cm³/mol. The van der Waals surface area contributed by atoms with Crippen LogP contribution in [0.25, 0.3) is 11.3 Å². The van der Waals surface area contributed by atoms with Gasteiger partial charge in [0, 0.05) is 34.7 Å². The molecule has 2 heterocycles. The summed E-state index contributed by atoms with van der Waals surface area (Å²) in [5.74, 6) is 1.30. The molecule has 0 amide bonds. The minimum absolute atomic E-state index is 0.00653. The molecule has 152 valence electrons. The van der Waals surface area contributed by atoms with E-state index < -0.39 is 0 Å². The lowest BCUT2D eigenvalue weighted by molar-refractivity contribution is 0.248. The Morgan fingerprint density at radius 3 is 2.59 bits per heavy atom. The van der Waals surface area contributed by atoms with Gasteiger partial charge in [-0.15, -0.1) is 0 Å². The molecule has 0 aliphatic carbocycles. The van der Waals surface area contributed by atoms with E-state index in [2.05, 4.69) is 25.6 Å². The highest BCUT2D eigenvalue weighted by Gasteiger charge is 2.16. The van der Waals surface area contributed by atoms with Crippen LogP contribution in [0.15, 0.2) is 42.7 Å². The lowest BCUT2D eigenvalue weighted by atomic mass is 10.1. The van der Waals surface area contributed by atoms with Crippen molar-refractivity contribution < 1.29 is 5.11 Å². The summed E-state index contributed by atoms with van der Waals surface area (Å²) in [6, 6.07) is 9.41. The molecular formula is C22H26ClN5O. The van der Waals surface area contributed by atoms with E-state index >= 15 is 0 Å². The molecular weight excluding hydrogens is 386 g/mol. The third kappa shape index (κ3) is 5.02. The highest BCUT2D eigenvalue weighted by molar-refractivity contribution is 6.31. The maximum atomic E-state index is 9.69. The van der Waals surface area contributed by atoms with E-state index in [-0.39, 0.29) is 18.6 Å². The van der Waals surface area contributed by atoms with Crippen molar-refractivity contribution in [2.24, 2.45) is 5.92 Å². The zero-order valence-electron chi connectivity index (χ0n) is 17.1. The summed E-state index contributed by atoms with van der Waals surface area (Å²) in [6.07, 6.45) is 3.49. The van der Waals surface area contributed by atoms with Crippen molar-refractivity contribution in [3.63, 3.8) is 0 Å². The number of aryl methyl sites for hydroxylation is 1. The lowest BCUT2D eigenvalue weighted by Crippen LogP contribution is -2.30. The van der Waals surface area contributed by atoms with E-state index in [0.717, 1.165) is 28.1 Å². The second-order valence-electron chi connectivity index (χ2n) is 7.37. The molecule has 0 bridgehead atoms. The summed E-state index contributed by atoms with van der Waals surface area (Å²) in [6.45, 7) is 8.07. The van der Waals surface area contributed by atoms with Gasteiger partial charge in [0.25, 0.3) is 0 Å². The van der Waals surface area contributed by atoms with Gasteiger partial charge in [0.05, 0.1) is 18.3 Å². The lowest BCUT2D eigenvalue weighted by Gasteiger charge is -2.21. The van der Waals surface area contributed by atoms with Crippen molar-refractivity contribution >= 4 is 29.1 Å². The van der Waals surface area contributed by atoms with E-state index in [9.17, 15) is 5.11 Å². The maximum absolute atomic E-state index is 9.69. The number of rotatable bonds is 7. The number of aliphatic hydroxyl groups excluding tert-OH is 1. The monoisotopic (exact) mass is 411 g/mol. The van der Waals surface area contributed by atoms with E-state index in [0.29, 0.717) is 16.8 Å². The third-order valence-corrected chi connectivity index (χ3v) is 5.27. The third-order valence-electron chi connectivity index (χ3n) is 4.86. The highest BCUT2D eigenvalue weighted by Crippen LogP contribution is 2.31. The Balaban J connectivity index is 2.04. The van der Waals surface area contributed by atoms with Crippen LogP contribution in [0, 0.1) is 19.8 Å². The molecule has 0 aliphatic heterocycles. The van der Waals surface area contributed by atoms with Crippen LogP contribution in [0.4, 0.5) is 17.5 Å².